The molecule has 0 bridgehead atoms. The lowest BCUT2D eigenvalue weighted by Gasteiger charge is -2.16. The normalized spacial score (nSPS) is 12.9. The second-order valence-electron chi connectivity index (χ2n) is 4.95. The van der Waals surface area contributed by atoms with Gasteiger partial charge < -0.3 is 15.4 Å². The van der Waals surface area contributed by atoms with E-state index < -0.39 is 0 Å². The van der Waals surface area contributed by atoms with Crippen LogP contribution in [0.15, 0.2) is 4.99 Å². The maximum absolute atomic E-state index is 10.9. The SMILES string of the molecule is CCNC(=NCCCCCCC(=O)OC)NC(C)CC. The van der Waals surface area contributed by atoms with Crippen LogP contribution in [0.4, 0.5) is 0 Å². The molecule has 5 nitrogen and oxygen atoms in total. The topological polar surface area (TPSA) is 62.7 Å². The van der Waals surface area contributed by atoms with E-state index in [4.69, 9.17) is 0 Å². The molecular formula is C15H31N3O2. The first-order valence-electron chi connectivity index (χ1n) is 7.75. The van der Waals surface area contributed by atoms with Gasteiger partial charge in [0.2, 0.25) is 0 Å². The number of ether oxygens (including phenoxy) is 1. The van der Waals surface area contributed by atoms with Crippen molar-refractivity contribution in [3.05, 3.63) is 0 Å². The van der Waals surface area contributed by atoms with E-state index in [-0.39, 0.29) is 5.97 Å². The molecule has 2 N–H and O–H groups in total. The van der Waals surface area contributed by atoms with E-state index in [0.717, 1.165) is 51.2 Å². The summed E-state index contributed by atoms with van der Waals surface area (Å²) >= 11 is 0. The summed E-state index contributed by atoms with van der Waals surface area (Å²) < 4.78 is 4.61. The number of rotatable bonds is 10. The molecule has 0 aliphatic rings. The van der Waals surface area contributed by atoms with E-state index in [1.807, 2.05) is 0 Å². The average molecular weight is 285 g/mol. The fourth-order valence-corrected chi connectivity index (χ4v) is 1.68. The highest BCUT2D eigenvalue weighted by Crippen LogP contribution is 2.04. The lowest BCUT2D eigenvalue weighted by atomic mass is 10.1. The first kappa shape index (κ1) is 18.7. The summed E-state index contributed by atoms with van der Waals surface area (Å²) in [7, 11) is 1.43. The molecule has 0 amide bonds. The number of hydrogen-bond acceptors (Lipinski definition) is 3. The van der Waals surface area contributed by atoms with Gasteiger partial charge in [-0.3, -0.25) is 9.79 Å². The Bertz CT molecular complexity index is 280. The number of unbranched alkanes of at least 4 members (excludes halogenated alkanes) is 3. The second-order valence-corrected chi connectivity index (χ2v) is 4.95. The number of guanidine groups is 1. The molecule has 0 aromatic rings. The summed E-state index contributed by atoms with van der Waals surface area (Å²) in [5.74, 6) is 0.784. The van der Waals surface area contributed by atoms with Gasteiger partial charge >= 0.3 is 5.97 Å². The molecule has 0 saturated carbocycles. The molecule has 0 aliphatic carbocycles. The predicted molar refractivity (Wildman–Crippen MR) is 84.0 cm³/mol. The summed E-state index contributed by atoms with van der Waals surface area (Å²) in [6, 6.07) is 0.438. The second kappa shape index (κ2) is 12.8. The van der Waals surface area contributed by atoms with Crippen molar-refractivity contribution >= 4 is 11.9 Å². The van der Waals surface area contributed by atoms with Crippen LogP contribution in [0.2, 0.25) is 0 Å². The van der Waals surface area contributed by atoms with Crippen LogP contribution >= 0.6 is 0 Å². The van der Waals surface area contributed by atoms with Crippen molar-refractivity contribution in [2.75, 3.05) is 20.2 Å². The Balaban J connectivity index is 3.74. The molecule has 20 heavy (non-hydrogen) atoms. The number of esters is 1. The number of carbonyl (C=O) groups excluding carboxylic acids is 1. The van der Waals surface area contributed by atoms with Gasteiger partial charge in [0.1, 0.15) is 0 Å². The molecule has 1 unspecified atom stereocenters. The van der Waals surface area contributed by atoms with Gasteiger partial charge in [-0.2, -0.15) is 0 Å². The lowest BCUT2D eigenvalue weighted by molar-refractivity contribution is -0.140. The molecular weight excluding hydrogens is 254 g/mol. The van der Waals surface area contributed by atoms with E-state index >= 15 is 0 Å². The highest BCUT2D eigenvalue weighted by molar-refractivity contribution is 5.79. The zero-order valence-electron chi connectivity index (χ0n) is 13.5. The number of hydrogen-bond donors (Lipinski definition) is 2. The van der Waals surface area contributed by atoms with Crippen LogP contribution in [-0.2, 0) is 9.53 Å². The number of nitrogens with one attached hydrogen (secondary N) is 2. The fraction of sp³-hybridized carbons (Fsp3) is 0.867. The third-order valence-corrected chi connectivity index (χ3v) is 3.13. The van der Waals surface area contributed by atoms with Gasteiger partial charge in [0.15, 0.2) is 5.96 Å². The summed E-state index contributed by atoms with van der Waals surface area (Å²) in [5.41, 5.74) is 0. The first-order valence-corrected chi connectivity index (χ1v) is 7.75. The molecule has 0 saturated heterocycles. The molecule has 118 valence electrons. The van der Waals surface area contributed by atoms with Crippen molar-refractivity contribution in [1.82, 2.24) is 10.6 Å². The molecule has 0 aromatic carbocycles. The zero-order chi connectivity index (χ0) is 15.2. The Labute approximate surface area is 123 Å². The van der Waals surface area contributed by atoms with Crippen molar-refractivity contribution in [1.29, 1.82) is 0 Å². The Morgan fingerprint density at radius 3 is 2.50 bits per heavy atom. The van der Waals surface area contributed by atoms with Crippen molar-refractivity contribution in [3.63, 3.8) is 0 Å². The van der Waals surface area contributed by atoms with Crippen LogP contribution in [0.5, 0.6) is 0 Å². The summed E-state index contributed by atoms with van der Waals surface area (Å²) in [4.78, 5) is 15.5. The highest BCUT2D eigenvalue weighted by Gasteiger charge is 2.02. The first-order chi connectivity index (χ1) is 9.63. The van der Waals surface area contributed by atoms with E-state index in [0.29, 0.717) is 12.5 Å². The number of methoxy groups -OCH3 is 1. The Kier molecular flexibility index (Phi) is 12.0. The molecule has 1 atom stereocenters. The van der Waals surface area contributed by atoms with Crippen molar-refractivity contribution in [3.8, 4) is 0 Å². The minimum atomic E-state index is -0.116. The predicted octanol–water partition coefficient (Wildman–Crippen LogP) is 2.46. The van der Waals surface area contributed by atoms with Gasteiger partial charge in [0.05, 0.1) is 7.11 Å². The number of carbonyl (C=O) groups is 1. The minimum absolute atomic E-state index is 0.116. The molecule has 0 rings (SSSR count). The van der Waals surface area contributed by atoms with Crippen LogP contribution in [0.1, 0.15) is 59.3 Å². The van der Waals surface area contributed by atoms with Crippen molar-refractivity contribution in [2.24, 2.45) is 4.99 Å². The van der Waals surface area contributed by atoms with Gasteiger partial charge in [0.25, 0.3) is 0 Å². The van der Waals surface area contributed by atoms with Gasteiger partial charge in [0, 0.05) is 25.6 Å². The third-order valence-electron chi connectivity index (χ3n) is 3.13. The molecule has 0 spiro atoms. The summed E-state index contributed by atoms with van der Waals surface area (Å²) in [6.07, 6.45) is 5.72. The molecule has 0 fully saturated rings. The standard InChI is InChI=1S/C15H31N3O2/c1-5-13(3)18-15(16-6-2)17-12-10-8-7-9-11-14(19)20-4/h13H,5-12H2,1-4H3,(H2,16,17,18). The zero-order valence-corrected chi connectivity index (χ0v) is 13.5. The maximum atomic E-state index is 10.9. The smallest absolute Gasteiger partial charge is 0.305 e. The minimum Gasteiger partial charge on any atom is -0.469 e. The third kappa shape index (κ3) is 10.6. The number of nitrogens with zero attached hydrogens (tertiary/aromatic N) is 1. The molecule has 0 aliphatic heterocycles. The maximum Gasteiger partial charge on any atom is 0.305 e. The van der Waals surface area contributed by atoms with Crippen LogP contribution in [0.3, 0.4) is 0 Å². The van der Waals surface area contributed by atoms with Gasteiger partial charge in [-0.25, -0.2) is 0 Å². The molecule has 0 radical (unpaired) electrons. The lowest BCUT2D eigenvalue weighted by Crippen LogP contribution is -2.42. The van der Waals surface area contributed by atoms with Gasteiger partial charge in [-0.15, -0.1) is 0 Å². The van der Waals surface area contributed by atoms with Gasteiger partial charge in [-0.05, 0) is 33.1 Å². The fourth-order valence-electron chi connectivity index (χ4n) is 1.68. The van der Waals surface area contributed by atoms with E-state index in [1.54, 1.807) is 0 Å². The molecule has 5 heteroatoms. The van der Waals surface area contributed by atoms with Crippen LogP contribution in [0, 0.1) is 0 Å². The summed E-state index contributed by atoms with van der Waals surface area (Å²) in [5, 5.41) is 6.62. The molecule has 0 aromatic heterocycles. The Morgan fingerprint density at radius 1 is 1.20 bits per heavy atom. The monoisotopic (exact) mass is 285 g/mol. The Hall–Kier alpha value is -1.26. The van der Waals surface area contributed by atoms with Crippen molar-refractivity contribution < 1.29 is 9.53 Å². The quantitative estimate of drug-likeness (QED) is 0.280. The molecule has 0 heterocycles. The average Bonchev–Trinajstić information content (AvgIpc) is 2.45. The highest BCUT2D eigenvalue weighted by atomic mass is 16.5. The van der Waals surface area contributed by atoms with E-state index in [9.17, 15) is 4.79 Å². The largest absolute Gasteiger partial charge is 0.469 e. The number of aliphatic imine (C=N–C) groups is 1. The Morgan fingerprint density at radius 2 is 1.90 bits per heavy atom. The van der Waals surface area contributed by atoms with E-state index in [2.05, 4.69) is 41.1 Å². The van der Waals surface area contributed by atoms with Crippen LogP contribution in [0.25, 0.3) is 0 Å². The van der Waals surface area contributed by atoms with Crippen LogP contribution in [-0.4, -0.2) is 38.2 Å². The summed E-state index contributed by atoms with van der Waals surface area (Å²) in [6.45, 7) is 8.08. The van der Waals surface area contributed by atoms with Crippen LogP contribution < -0.4 is 10.6 Å². The van der Waals surface area contributed by atoms with Gasteiger partial charge in [-0.1, -0.05) is 19.8 Å². The van der Waals surface area contributed by atoms with E-state index in [1.165, 1.54) is 7.11 Å². The van der Waals surface area contributed by atoms with Crippen molar-refractivity contribution in [2.45, 2.75) is 65.3 Å².